The Morgan fingerprint density at radius 1 is 0.921 bits per heavy atom. The summed E-state index contributed by atoms with van der Waals surface area (Å²) in [6.07, 6.45) is 1.51. The first-order valence-electron chi connectivity index (χ1n) is 11.7. The molecule has 0 spiro atoms. The van der Waals surface area contributed by atoms with Gasteiger partial charge in [0.15, 0.2) is 0 Å². The van der Waals surface area contributed by atoms with Crippen molar-refractivity contribution >= 4 is 44.8 Å². The number of hydrogen-bond acceptors (Lipinski definition) is 5. The molecule has 0 atom stereocenters. The van der Waals surface area contributed by atoms with Crippen LogP contribution in [-0.2, 0) is 21.4 Å². The number of furan rings is 1. The molecule has 196 valence electrons. The largest absolute Gasteiger partial charge is 0.467 e. The molecule has 0 aliphatic heterocycles. The van der Waals surface area contributed by atoms with Gasteiger partial charge in [-0.25, -0.2) is 8.42 Å². The van der Waals surface area contributed by atoms with Crippen LogP contribution in [0, 0.1) is 13.8 Å². The summed E-state index contributed by atoms with van der Waals surface area (Å²) in [5.41, 5.74) is 2.14. The molecule has 0 aliphatic rings. The molecule has 1 heterocycles. The number of para-hydroxylation sites is 1. The summed E-state index contributed by atoms with van der Waals surface area (Å²) in [5.74, 6) is -0.479. The predicted octanol–water partition coefficient (Wildman–Crippen LogP) is 5.31. The lowest BCUT2D eigenvalue weighted by Crippen LogP contribution is -2.39. The van der Waals surface area contributed by atoms with Crippen molar-refractivity contribution in [2.24, 2.45) is 0 Å². The molecule has 4 aromatic rings. The minimum Gasteiger partial charge on any atom is -0.467 e. The number of halogens is 1. The molecular weight excluding hydrogens is 526 g/mol. The molecule has 4 rings (SSSR count). The second-order valence-corrected chi connectivity index (χ2v) is 10.8. The molecule has 3 aromatic carbocycles. The molecular formula is C28H26ClN3O5S. The van der Waals surface area contributed by atoms with Crippen molar-refractivity contribution in [1.29, 1.82) is 0 Å². The van der Waals surface area contributed by atoms with Crippen molar-refractivity contribution in [3.05, 3.63) is 113 Å². The standard InChI is InChI=1S/C28H26ClN3O5S/c1-19-12-14-22(15-13-19)38(35,36)32(26-11-5-9-24(29)20(26)2)18-27(33)31-25-10-4-3-8-23(25)28(34)30-17-21-7-6-16-37-21/h3-16H,17-18H2,1-2H3,(H,30,34)(H,31,33). The van der Waals surface area contributed by atoms with Crippen LogP contribution in [0.2, 0.25) is 5.02 Å². The molecule has 0 radical (unpaired) electrons. The van der Waals surface area contributed by atoms with Gasteiger partial charge in [0.2, 0.25) is 5.91 Å². The van der Waals surface area contributed by atoms with Crippen molar-refractivity contribution in [3.8, 4) is 0 Å². The maximum atomic E-state index is 13.7. The van der Waals surface area contributed by atoms with Crippen molar-refractivity contribution in [2.45, 2.75) is 25.3 Å². The Bertz CT molecular complexity index is 1550. The van der Waals surface area contributed by atoms with Gasteiger partial charge in [-0.2, -0.15) is 0 Å². The normalized spacial score (nSPS) is 11.1. The number of rotatable bonds is 9. The molecule has 38 heavy (non-hydrogen) atoms. The maximum Gasteiger partial charge on any atom is 0.264 e. The summed E-state index contributed by atoms with van der Waals surface area (Å²) in [4.78, 5) is 26.1. The van der Waals surface area contributed by atoms with Gasteiger partial charge in [-0.1, -0.05) is 47.5 Å². The van der Waals surface area contributed by atoms with Crippen molar-refractivity contribution in [3.63, 3.8) is 0 Å². The number of amides is 2. The van der Waals surface area contributed by atoms with Gasteiger partial charge in [0, 0.05) is 5.02 Å². The van der Waals surface area contributed by atoms with E-state index in [0.717, 1.165) is 9.87 Å². The van der Waals surface area contributed by atoms with Crippen LogP contribution in [0.4, 0.5) is 11.4 Å². The van der Waals surface area contributed by atoms with E-state index >= 15 is 0 Å². The van der Waals surface area contributed by atoms with Crippen LogP contribution in [0.1, 0.15) is 27.2 Å². The smallest absolute Gasteiger partial charge is 0.264 e. The Morgan fingerprint density at radius 3 is 2.37 bits per heavy atom. The van der Waals surface area contributed by atoms with E-state index in [4.69, 9.17) is 16.0 Å². The minimum absolute atomic E-state index is 0.0352. The van der Waals surface area contributed by atoms with Gasteiger partial charge in [0.1, 0.15) is 12.3 Å². The molecule has 10 heteroatoms. The number of benzene rings is 3. The summed E-state index contributed by atoms with van der Waals surface area (Å²) in [5, 5.41) is 5.80. The fourth-order valence-corrected chi connectivity index (χ4v) is 5.44. The zero-order chi connectivity index (χ0) is 27.3. The number of hydrogen-bond donors (Lipinski definition) is 2. The van der Waals surface area contributed by atoms with E-state index in [0.29, 0.717) is 16.3 Å². The van der Waals surface area contributed by atoms with Crippen LogP contribution in [0.3, 0.4) is 0 Å². The van der Waals surface area contributed by atoms with E-state index in [2.05, 4.69) is 10.6 Å². The number of carbonyl (C=O) groups excluding carboxylic acids is 2. The predicted molar refractivity (Wildman–Crippen MR) is 147 cm³/mol. The SMILES string of the molecule is Cc1ccc(S(=O)(=O)N(CC(=O)Nc2ccccc2C(=O)NCc2ccco2)c2cccc(Cl)c2C)cc1. The van der Waals surface area contributed by atoms with Gasteiger partial charge in [0.05, 0.1) is 34.6 Å². The number of anilines is 2. The Morgan fingerprint density at radius 2 is 1.66 bits per heavy atom. The van der Waals surface area contributed by atoms with Crippen molar-refractivity contribution in [2.75, 3.05) is 16.2 Å². The summed E-state index contributed by atoms with van der Waals surface area (Å²) >= 11 is 6.29. The Hall–Kier alpha value is -4.08. The van der Waals surface area contributed by atoms with Crippen molar-refractivity contribution < 1.29 is 22.4 Å². The molecule has 0 aliphatic carbocycles. The molecule has 0 bridgehead atoms. The lowest BCUT2D eigenvalue weighted by Gasteiger charge is -2.26. The van der Waals surface area contributed by atoms with Gasteiger partial charge in [-0.15, -0.1) is 0 Å². The lowest BCUT2D eigenvalue weighted by atomic mass is 10.1. The Balaban J connectivity index is 1.61. The van der Waals surface area contributed by atoms with E-state index in [1.165, 1.54) is 18.4 Å². The van der Waals surface area contributed by atoms with Crippen LogP contribution in [-0.4, -0.2) is 26.8 Å². The maximum absolute atomic E-state index is 13.7. The van der Waals surface area contributed by atoms with Crippen LogP contribution in [0.5, 0.6) is 0 Å². The second kappa shape index (κ2) is 11.5. The van der Waals surface area contributed by atoms with E-state index < -0.39 is 28.4 Å². The molecule has 0 saturated carbocycles. The average Bonchev–Trinajstić information content (AvgIpc) is 3.42. The second-order valence-electron chi connectivity index (χ2n) is 8.56. The Kier molecular flexibility index (Phi) is 8.19. The molecule has 2 amide bonds. The van der Waals surface area contributed by atoms with Gasteiger partial charge in [0.25, 0.3) is 15.9 Å². The summed E-state index contributed by atoms with van der Waals surface area (Å²) in [6.45, 7) is 3.17. The highest BCUT2D eigenvalue weighted by molar-refractivity contribution is 7.92. The highest BCUT2D eigenvalue weighted by atomic mass is 35.5. The number of aryl methyl sites for hydroxylation is 1. The molecule has 1 aromatic heterocycles. The van der Waals surface area contributed by atoms with E-state index in [1.807, 2.05) is 6.92 Å². The van der Waals surface area contributed by atoms with Crippen LogP contribution < -0.4 is 14.9 Å². The zero-order valence-electron chi connectivity index (χ0n) is 20.8. The zero-order valence-corrected chi connectivity index (χ0v) is 22.3. The number of carbonyl (C=O) groups is 2. The third-order valence-corrected chi connectivity index (χ3v) is 8.04. The third kappa shape index (κ3) is 6.07. The monoisotopic (exact) mass is 551 g/mol. The topological polar surface area (TPSA) is 109 Å². The van der Waals surface area contributed by atoms with E-state index in [-0.39, 0.29) is 28.4 Å². The van der Waals surface area contributed by atoms with E-state index in [9.17, 15) is 18.0 Å². The lowest BCUT2D eigenvalue weighted by molar-refractivity contribution is -0.114. The number of sulfonamides is 1. The van der Waals surface area contributed by atoms with Gasteiger partial charge in [-0.3, -0.25) is 13.9 Å². The summed E-state index contributed by atoms with van der Waals surface area (Å²) in [6, 6.07) is 21.1. The molecule has 0 saturated heterocycles. The fourth-order valence-electron chi connectivity index (χ4n) is 3.79. The molecule has 0 fully saturated rings. The van der Waals surface area contributed by atoms with E-state index in [1.54, 1.807) is 73.7 Å². The van der Waals surface area contributed by atoms with Crippen molar-refractivity contribution in [1.82, 2.24) is 5.32 Å². The van der Waals surface area contributed by atoms with Crippen LogP contribution >= 0.6 is 11.6 Å². The minimum atomic E-state index is -4.13. The first-order chi connectivity index (χ1) is 18.2. The van der Waals surface area contributed by atoms with Gasteiger partial charge in [-0.05, 0) is 67.9 Å². The highest BCUT2D eigenvalue weighted by Gasteiger charge is 2.29. The summed E-state index contributed by atoms with van der Waals surface area (Å²) in [7, 11) is -4.13. The fraction of sp³-hybridized carbons (Fsp3) is 0.143. The molecule has 0 unspecified atom stereocenters. The molecule has 8 nitrogen and oxygen atoms in total. The quantitative estimate of drug-likeness (QED) is 0.293. The first-order valence-corrected chi connectivity index (χ1v) is 13.5. The summed E-state index contributed by atoms with van der Waals surface area (Å²) < 4.78 is 33.7. The van der Waals surface area contributed by atoms with Crippen LogP contribution in [0.25, 0.3) is 0 Å². The average molecular weight is 552 g/mol. The Labute approximate surface area is 226 Å². The van der Waals surface area contributed by atoms with Gasteiger partial charge < -0.3 is 15.1 Å². The first kappa shape index (κ1) is 27.0. The highest BCUT2D eigenvalue weighted by Crippen LogP contribution is 2.31. The molecule has 2 N–H and O–H groups in total. The number of nitrogens with one attached hydrogen (secondary N) is 2. The van der Waals surface area contributed by atoms with Crippen LogP contribution in [0.15, 0.2) is 94.4 Å². The number of nitrogens with zero attached hydrogens (tertiary/aromatic N) is 1. The van der Waals surface area contributed by atoms with Gasteiger partial charge >= 0.3 is 0 Å². The third-order valence-electron chi connectivity index (χ3n) is 5.85.